The zero-order valence-corrected chi connectivity index (χ0v) is 13.1. The van der Waals surface area contributed by atoms with Gasteiger partial charge in [0.25, 0.3) is 0 Å². The third-order valence-electron chi connectivity index (χ3n) is 4.07. The van der Waals surface area contributed by atoms with Gasteiger partial charge in [-0.05, 0) is 25.3 Å². The van der Waals surface area contributed by atoms with Crippen molar-refractivity contribution in [2.45, 2.75) is 32.0 Å². The van der Waals surface area contributed by atoms with Crippen molar-refractivity contribution in [3.63, 3.8) is 0 Å². The lowest BCUT2D eigenvalue weighted by Gasteiger charge is -2.33. The maximum absolute atomic E-state index is 10.3. The highest BCUT2D eigenvalue weighted by atomic mass is 16.5. The van der Waals surface area contributed by atoms with Crippen LogP contribution in [0.1, 0.15) is 30.1 Å². The minimum absolute atomic E-state index is 0.341. The maximum atomic E-state index is 10.3. The van der Waals surface area contributed by atoms with E-state index in [4.69, 9.17) is 9.47 Å². The summed E-state index contributed by atoms with van der Waals surface area (Å²) in [6.45, 7) is 6.07. The fourth-order valence-corrected chi connectivity index (χ4v) is 2.70. The van der Waals surface area contributed by atoms with Gasteiger partial charge in [-0.15, -0.1) is 0 Å². The average molecular weight is 293 g/mol. The Morgan fingerprint density at radius 2 is 1.86 bits per heavy atom. The highest BCUT2D eigenvalue weighted by molar-refractivity contribution is 5.23. The van der Waals surface area contributed by atoms with Crippen molar-refractivity contribution >= 4 is 0 Å². The zero-order chi connectivity index (χ0) is 15.1. The molecule has 21 heavy (non-hydrogen) atoms. The summed E-state index contributed by atoms with van der Waals surface area (Å²) in [5.41, 5.74) is 2.22. The van der Waals surface area contributed by atoms with Gasteiger partial charge in [0.1, 0.15) is 0 Å². The molecule has 4 heteroatoms. The van der Waals surface area contributed by atoms with Crippen LogP contribution < -0.4 is 0 Å². The number of likely N-dealkylation sites (tertiary alicyclic amines) is 1. The Morgan fingerprint density at radius 3 is 2.48 bits per heavy atom. The van der Waals surface area contributed by atoms with Gasteiger partial charge in [-0.3, -0.25) is 0 Å². The minimum Gasteiger partial charge on any atom is -0.387 e. The lowest BCUT2D eigenvalue weighted by atomic mass is 10.0. The van der Waals surface area contributed by atoms with Crippen molar-refractivity contribution in [3.8, 4) is 0 Å². The molecule has 0 amide bonds. The Labute approximate surface area is 127 Å². The van der Waals surface area contributed by atoms with E-state index in [0.717, 1.165) is 31.5 Å². The standard InChI is InChI=1S/C17H27NO3/c1-14-3-5-15(6-4-14)17(19)13-18-9-7-16(8-10-18)21-12-11-20-2/h3-6,16-17,19H,7-13H2,1-2H3. The first-order valence-corrected chi connectivity index (χ1v) is 7.76. The van der Waals surface area contributed by atoms with Crippen molar-refractivity contribution in [3.05, 3.63) is 35.4 Å². The van der Waals surface area contributed by atoms with Gasteiger partial charge in [0.15, 0.2) is 0 Å². The first kappa shape index (κ1) is 16.4. The largest absolute Gasteiger partial charge is 0.387 e. The lowest BCUT2D eigenvalue weighted by molar-refractivity contribution is -0.0207. The van der Waals surface area contributed by atoms with Gasteiger partial charge in [0.05, 0.1) is 25.4 Å². The summed E-state index contributed by atoms with van der Waals surface area (Å²) < 4.78 is 10.8. The van der Waals surface area contributed by atoms with E-state index in [1.165, 1.54) is 5.56 Å². The summed E-state index contributed by atoms with van der Waals surface area (Å²) >= 11 is 0. The van der Waals surface area contributed by atoms with E-state index >= 15 is 0 Å². The van der Waals surface area contributed by atoms with Gasteiger partial charge in [-0.1, -0.05) is 29.8 Å². The summed E-state index contributed by atoms with van der Waals surface area (Å²) in [5, 5.41) is 10.3. The molecule has 1 aliphatic rings. The van der Waals surface area contributed by atoms with Gasteiger partial charge >= 0.3 is 0 Å². The number of aliphatic hydroxyl groups excluding tert-OH is 1. The smallest absolute Gasteiger partial charge is 0.0916 e. The van der Waals surface area contributed by atoms with Crippen molar-refractivity contribution < 1.29 is 14.6 Å². The molecule has 1 aromatic rings. The van der Waals surface area contributed by atoms with Crippen LogP contribution in [-0.4, -0.2) is 56.1 Å². The lowest BCUT2D eigenvalue weighted by Crippen LogP contribution is -2.39. The van der Waals surface area contributed by atoms with Gasteiger partial charge in [-0.25, -0.2) is 0 Å². The molecule has 1 fully saturated rings. The summed E-state index contributed by atoms with van der Waals surface area (Å²) in [5.74, 6) is 0. The van der Waals surface area contributed by atoms with Gasteiger partial charge < -0.3 is 19.5 Å². The molecular formula is C17H27NO3. The Hall–Kier alpha value is -0.940. The molecule has 118 valence electrons. The molecule has 0 radical (unpaired) electrons. The number of β-amino-alcohol motifs (C(OH)–C–C–N with tert-alkyl or cyclic N) is 1. The molecule has 0 aromatic heterocycles. The molecule has 1 aromatic carbocycles. The van der Waals surface area contributed by atoms with E-state index in [1.54, 1.807) is 7.11 Å². The molecule has 0 saturated carbocycles. The fraction of sp³-hybridized carbons (Fsp3) is 0.647. The van der Waals surface area contributed by atoms with Crippen molar-refractivity contribution in [1.29, 1.82) is 0 Å². The van der Waals surface area contributed by atoms with Crippen LogP contribution in [0.3, 0.4) is 0 Å². The van der Waals surface area contributed by atoms with E-state index in [-0.39, 0.29) is 0 Å². The van der Waals surface area contributed by atoms with E-state index in [9.17, 15) is 5.11 Å². The second-order valence-corrected chi connectivity index (χ2v) is 5.79. The number of benzene rings is 1. The Bertz CT molecular complexity index is 399. The topological polar surface area (TPSA) is 41.9 Å². The highest BCUT2D eigenvalue weighted by Gasteiger charge is 2.21. The van der Waals surface area contributed by atoms with Crippen LogP contribution in [0.25, 0.3) is 0 Å². The van der Waals surface area contributed by atoms with Crippen LogP contribution in [0.2, 0.25) is 0 Å². The molecule has 0 aliphatic carbocycles. The first-order valence-electron chi connectivity index (χ1n) is 7.76. The predicted molar refractivity (Wildman–Crippen MR) is 83.4 cm³/mol. The minimum atomic E-state index is -0.406. The number of methoxy groups -OCH3 is 1. The summed E-state index contributed by atoms with van der Waals surface area (Å²) in [6, 6.07) is 8.13. The van der Waals surface area contributed by atoms with E-state index in [1.807, 2.05) is 12.1 Å². The van der Waals surface area contributed by atoms with Crippen molar-refractivity contribution in [2.75, 3.05) is 40.0 Å². The molecule has 0 spiro atoms. The highest BCUT2D eigenvalue weighted by Crippen LogP contribution is 2.19. The van der Waals surface area contributed by atoms with Crippen LogP contribution in [0.4, 0.5) is 0 Å². The van der Waals surface area contributed by atoms with E-state index in [2.05, 4.69) is 24.0 Å². The van der Waals surface area contributed by atoms with Crippen LogP contribution in [0.5, 0.6) is 0 Å². The number of aryl methyl sites for hydroxylation is 1. The Morgan fingerprint density at radius 1 is 1.19 bits per heavy atom. The van der Waals surface area contributed by atoms with Crippen LogP contribution in [0.15, 0.2) is 24.3 Å². The number of rotatable bonds is 7. The molecule has 1 saturated heterocycles. The number of hydrogen-bond donors (Lipinski definition) is 1. The molecule has 1 aliphatic heterocycles. The summed E-state index contributed by atoms with van der Waals surface area (Å²) in [4.78, 5) is 2.32. The number of aliphatic hydroxyl groups is 1. The third-order valence-corrected chi connectivity index (χ3v) is 4.07. The normalized spacial score (nSPS) is 18.8. The van der Waals surface area contributed by atoms with Crippen molar-refractivity contribution in [1.82, 2.24) is 4.90 Å². The van der Waals surface area contributed by atoms with Crippen LogP contribution >= 0.6 is 0 Å². The zero-order valence-electron chi connectivity index (χ0n) is 13.1. The van der Waals surface area contributed by atoms with Crippen molar-refractivity contribution in [2.24, 2.45) is 0 Å². The SMILES string of the molecule is COCCOC1CCN(CC(O)c2ccc(C)cc2)CC1. The maximum Gasteiger partial charge on any atom is 0.0916 e. The Kier molecular flexibility index (Phi) is 6.64. The number of hydrogen-bond acceptors (Lipinski definition) is 4. The van der Waals surface area contributed by atoms with E-state index in [0.29, 0.717) is 25.9 Å². The van der Waals surface area contributed by atoms with Crippen LogP contribution in [-0.2, 0) is 9.47 Å². The van der Waals surface area contributed by atoms with Gasteiger partial charge in [0.2, 0.25) is 0 Å². The fourth-order valence-electron chi connectivity index (χ4n) is 2.70. The van der Waals surface area contributed by atoms with E-state index < -0.39 is 6.10 Å². The molecular weight excluding hydrogens is 266 g/mol. The molecule has 1 unspecified atom stereocenters. The average Bonchev–Trinajstić information content (AvgIpc) is 2.50. The second-order valence-electron chi connectivity index (χ2n) is 5.79. The van der Waals surface area contributed by atoms with Gasteiger partial charge in [-0.2, -0.15) is 0 Å². The first-order chi connectivity index (χ1) is 10.2. The molecule has 1 heterocycles. The summed E-state index contributed by atoms with van der Waals surface area (Å²) in [7, 11) is 1.69. The molecule has 1 N–H and O–H groups in total. The molecule has 2 rings (SSSR count). The number of nitrogens with zero attached hydrogens (tertiary/aromatic N) is 1. The van der Waals surface area contributed by atoms with Crippen LogP contribution in [0, 0.1) is 6.92 Å². The molecule has 0 bridgehead atoms. The monoisotopic (exact) mass is 293 g/mol. The Balaban J connectivity index is 1.71. The second kappa shape index (κ2) is 8.49. The molecule has 1 atom stereocenters. The van der Waals surface area contributed by atoms with Gasteiger partial charge in [0, 0.05) is 26.7 Å². The molecule has 4 nitrogen and oxygen atoms in total. The number of piperidine rings is 1. The predicted octanol–water partition coefficient (Wildman–Crippen LogP) is 2.16. The summed E-state index contributed by atoms with van der Waals surface area (Å²) in [6.07, 6.45) is 2.00. The number of ether oxygens (including phenoxy) is 2. The third kappa shape index (κ3) is 5.40. The quantitative estimate of drug-likeness (QED) is 0.782.